The van der Waals surface area contributed by atoms with Gasteiger partial charge in [-0.3, -0.25) is 0 Å². The number of aryl methyl sites for hydroxylation is 2. The molecule has 0 aliphatic heterocycles. The summed E-state index contributed by atoms with van der Waals surface area (Å²) in [5.41, 5.74) is 2.85. The lowest BCUT2D eigenvalue weighted by atomic mass is 10.1. The molecule has 114 valence electrons. The Balaban J connectivity index is 2.11. The smallest absolute Gasteiger partial charge is 0.343 e. The summed E-state index contributed by atoms with van der Waals surface area (Å²) in [5.74, 6) is -0.353. The number of rotatable bonds is 4. The SMILES string of the molecule is CCOC(=O)c1ccc(C(=O)Oc2cc(C)cc(C)c2)cc1. The third-order valence-corrected chi connectivity index (χ3v) is 3.04. The van der Waals surface area contributed by atoms with Gasteiger partial charge in [-0.2, -0.15) is 0 Å². The lowest BCUT2D eigenvalue weighted by Crippen LogP contribution is -2.10. The van der Waals surface area contributed by atoms with Crippen molar-refractivity contribution in [2.75, 3.05) is 6.61 Å². The molecular formula is C18H18O4. The fourth-order valence-corrected chi connectivity index (χ4v) is 2.11. The van der Waals surface area contributed by atoms with Crippen LogP contribution in [0, 0.1) is 13.8 Å². The van der Waals surface area contributed by atoms with Gasteiger partial charge in [0.05, 0.1) is 17.7 Å². The number of ether oxygens (including phenoxy) is 2. The predicted octanol–water partition coefficient (Wildman–Crippen LogP) is 3.70. The van der Waals surface area contributed by atoms with Gasteiger partial charge in [0, 0.05) is 0 Å². The summed E-state index contributed by atoms with van der Waals surface area (Å²) in [6.45, 7) is 5.94. The summed E-state index contributed by atoms with van der Waals surface area (Å²) < 4.78 is 10.2. The van der Waals surface area contributed by atoms with Gasteiger partial charge in [-0.25, -0.2) is 9.59 Å². The molecule has 0 N–H and O–H groups in total. The third-order valence-electron chi connectivity index (χ3n) is 3.04. The van der Waals surface area contributed by atoms with Crippen LogP contribution in [0.5, 0.6) is 5.75 Å². The van der Waals surface area contributed by atoms with Gasteiger partial charge in [0.2, 0.25) is 0 Å². The maximum absolute atomic E-state index is 12.1. The van der Waals surface area contributed by atoms with Crippen LogP contribution < -0.4 is 4.74 Å². The normalized spacial score (nSPS) is 10.1. The van der Waals surface area contributed by atoms with Crippen molar-refractivity contribution in [2.45, 2.75) is 20.8 Å². The van der Waals surface area contributed by atoms with Gasteiger partial charge < -0.3 is 9.47 Å². The van der Waals surface area contributed by atoms with E-state index >= 15 is 0 Å². The summed E-state index contributed by atoms with van der Waals surface area (Å²) in [4.78, 5) is 23.7. The predicted molar refractivity (Wildman–Crippen MR) is 83.3 cm³/mol. The van der Waals surface area contributed by atoms with E-state index < -0.39 is 11.9 Å². The van der Waals surface area contributed by atoms with Crippen LogP contribution in [0.3, 0.4) is 0 Å². The highest BCUT2D eigenvalue weighted by atomic mass is 16.5. The van der Waals surface area contributed by atoms with Gasteiger partial charge in [0.15, 0.2) is 0 Å². The molecule has 22 heavy (non-hydrogen) atoms. The second kappa shape index (κ2) is 6.89. The second-order valence-corrected chi connectivity index (χ2v) is 5.01. The molecule has 4 nitrogen and oxygen atoms in total. The Morgan fingerprint density at radius 1 is 0.864 bits per heavy atom. The second-order valence-electron chi connectivity index (χ2n) is 5.01. The fraction of sp³-hybridized carbons (Fsp3) is 0.222. The molecule has 2 rings (SSSR count). The molecule has 0 amide bonds. The number of esters is 2. The Labute approximate surface area is 129 Å². The van der Waals surface area contributed by atoms with Crippen LogP contribution in [0.15, 0.2) is 42.5 Å². The molecule has 0 atom stereocenters. The molecule has 0 saturated carbocycles. The highest BCUT2D eigenvalue weighted by Gasteiger charge is 2.11. The van der Waals surface area contributed by atoms with Crippen molar-refractivity contribution in [3.63, 3.8) is 0 Å². The van der Waals surface area contributed by atoms with Crippen LogP contribution in [0.1, 0.15) is 38.8 Å². The van der Waals surface area contributed by atoms with Crippen molar-refractivity contribution in [1.82, 2.24) is 0 Å². The first-order valence-corrected chi connectivity index (χ1v) is 7.07. The minimum atomic E-state index is -0.458. The molecule has 2 aromatic carbocycles. The third kappa shape index (κ3) is 3.95. The van der Waals surface area contributed by atoms with Crippen LogP contribution in [0.25, 0.3) is 0 Å². The summed E-state index contributed by atoms with van der Waals surface area (Å²) >= 11 is 0. The Bertz CT molecular complexity index is 666. The van der Waals surface area contributed by atoms with Crippen molar-refractivity contribution in [1.29, 1.82) is 0 Å². The topological polar surface area (TPSA) is 52.6 Å². The van der Waals surface area contributed by atoms with Crippen LogP contribution in [0.4, 0.5) is 0 Å². The van der Waals surface area contributed by atoms with Crippen LogP contribution in [-0.2, 0) is 4.74 Å². The number of carbonyl (C=O) groups excluding carboxylic acids is 2. The molecule has 0 spiro atoms. The molecule has 0 radical (unpaired) electrons. The van der Waals surface area contributed by atoms with E-state index in [9.17, 15) is 9.59 Å². The van der Waals surface area contributed by atoms with E-state index in [1.54, 1.807) is 43.3 Å². The summed E-state index contributed by atoms with van der Waals surface area (Å²) in [6.07, 6.45) is 0. The van der Waals surface area contributed by atoms with Gasteiger partial charge >= 0.3 is 11.9 Å². The lowest BCUT2D eigenvalue weighted by molar-refractivity contribution is 0.0525. The fourth-order valence-electron chi connectivity index (χ4n) is 2.11. The van der Waals surface area contributed by atoms with Gasteiger partial charge in [-0.1, -0.05) is 6.07 Å². The van der Waals surface area contributed by atoms with Gasteiger partial charge in [-0.05, 0) is 68.3 Å². The maximum atomic E-state index is 12.1. The zero-order valence-electron chi connectivity index (χ0n) is 12.9. The van der Waals surface area contributed by atoms with Crippen molar-refractivity contribution in [2.24, 2.45) is 0 Å². The number of hydrogen-bond donors (Lipinski definition) is 0. The van der Waals surface area contributed by atoms with E-state index in [1.165, 1.54) is 0 Å². The molecule has 0 aliphatic carbocycles. The molecule has 0 fully saturated rings. The average Bonchev–Trinajstić information content (AvgIpc) is 2.46. The zero-order chi connectivity index (χ0) is 16.1. The van der Waals surface area contributed by atoms with E-state index in [4.69, 9.17) is 9.47 Å². The lowest BCUT2D eigenvalue weighted by Gasteiger charge is -2.07. The zero-order valence-corrected chi connectivity index (χ0v) is 12.9. The van der Waals surface area contributed by atoms with Crippen molar-refractivity contribution in [3.8, 4) is 5.75 Å². The first-order valence-electron chi connectivity index (χ1n) is 7.07. The van der Waals surface area contributed by atoms with Gasteiger partial charge in [0.25, 0.3) is 0 Å². The van der Waals surface area contributed by atoms with E-state index in [-0.39, 0.29) is 0 Å². The average molecular weight is 298 g/mol. The maximum Gasteiger partial charge on any atom is 0.343 e. The molecule has 2 aromatic rings. The molecule has 0 heterocycles. The molecule has 0 unspecified atom stereocenters. The molecule has 0 aromatic heterocycles. The Hall–Kier alpha value is -2.62. The van der Waals surface area contributed by atoms with Crippen molar-refractivity contribution in [3.05, 3.63) is 64.7 Å². The van der Waals surface area contributed by atoms with Crippen LogP contribution >= 0.6 is 0 Å². The quantitative estimate of drug-likeness (QED) is 0.638. The molecule has 0 saturated heterocycles. The molecular weight excluding hydrogens is 280 g/mol. The number of carbonyl (C=O) groups is 2. The highest BCUT2D eigenvalue weighted by Crippen LogP contribution is 2.18. The number of hydrogen-bond acceptors (Lipinski definition) is 4. The van der Waals surface area contributed by atoms with Crippen molar-refractivity contribution < 1.29 is 19.1 Å². The molecule has 0 bridgehead atoms. The minimum Gasteiger partial charge on any atom is -0.462 e. The summed E-state index contributed by atoms with van der Waals surface area (Å²) in [5, 5.41) is 0. The Morgan fingerprint density at radius 2 is 1.36 bits per heavy atom. The highest BCUT2D eigenvalue weighted by molar-refractivity contribution is 5.94. The molecule has 4 heteroatoms. The van der Waals surface area contributed by atoms with Gasteiger partial charge in [0.1, 0.15) is 5.75 Å². The molecule has 0 aliphatic rings. The first kappa shape index (κ1) is 15.8. The Kier molecular flexibility index (Phi) is 4.94. The standard InChI is InChI=1S/C18H18O4/c1-4-21-17(19)14-5-7-15(8-6-14)18(20)22-16-10-12(2)9-13(3)11-16/h5-11H,4H2,1-3H3. The van der Waals surface area contributed by atoms with Crippen molar-refractivity contribution >= 4 is 11.9 Å². The minimum absolute atomic E-state index is 0.315. The monoisotopic (exact) mass is 298 g/mol. The van der Waals surface area contributed by atoms with E-state index in [0.29, 0.717) is 23.5 Å². The first-order chi connectivity index (χ1) is 10.5. The van der Waals surface area contributed by atoms with E-state index in [1.807, 2.05) is 19.9 Å². The Morgan fingerprint density at radius 3 is 1.86 bits per heavy atom. The van der Waals surface area contributed by atoms with Crippen LogP contribution in [0.2, 0.25) is 0 Å². The summed E-state index contributed by atoms with van der Waals surface area (Å²) in [6, 6.07) is 11.8. The van der Waals surface area contributed by atoms with Gasteiger partial charge in [-0.15, -0.1) is 0 Å². The van der Waals surface area contributed by atoms with Crippen LogP contribution in [-0.4, -0.2) is 18.5 Å². The summed E-state index contributed by atoms with van der Waals surface area (Å²) in [7, 11) is 0. The largest absolute Gasteiger partial charge is 0.462 e. The van der Waals surface area contributed by atoms with E-state index in [0.717, 1.165) is 11.1 Å². The number of benzene rings is 2. The van der Waals surface area contributed by atoms with E-state index in [2.05, 4.69) is 0 Å².